The molecule has 1 fully saturated rings. The molecule has 1 aromatic rings. The zero-order valence-electron chi connectivity index (χ0n) is 12.5. The molecule has 5 nitrogen and oxygen atoms in total. The first kappa shape index (κ1) is 15.1. The molecule has 0 unspecified atom stereocenters. The number of piperidine rings is 1. The van der Waals surface area contributed by atoms with E-state index < -0.39 is 0 Å². The number of pyridine rings is 1. The minimum absolute atomic E-state index is 0.534. The average molecular weight is 279 g/mol. The standard InChI is InChI=1S/C15H25N3O2/c1-18-7-5-13(6-8-18)11-16-14-3-4-15(17-12-14)20-10-9-19-2/h3-4,12-13,16H,5-11H2,1-2H3. The fourth-order valence-electron chi connectivity index (χ4n) is 2.33. The maximum atomic E-state index is 5.44. The first-order chi connectivity index (χ1) is 9.78. The van der Waals surface area contributed by atoms with Gasteiger partial charge in [-0.3, -0.25) is 0 Å². The molecule has 2 heterocycles. The molecule has 0 spiro atoms. The van der Waals surface area contributed by atoms with Crippen LogP contribution in [0.1, 0.15) is 12.8 Å². The molecule has 112 valence electrons. The highest BCUT2D eigenvalue weighted by molar-refractivity contribution is 5.42. The summed E-state index contributed by atoms with van der Waals surface area (Å²) in [4.78, 5) is 6.67. The molecule has 1 aliphatic heterocycles. The van der Waals surface area contributed by atoms with Gasteiger partial charge >= 0.3 is 0 Å². The lowest BCUT2D eigenvalue weighted by Gasteiger charge is -2.29. The van der Waals surface area contributed by atoms with Crippen LogP contribution in [0.3, 0.4) is 0 Å². The monoisotopic (exact) mass is 279 g/mol. The SMILES string of the molecule is COCCOc1ccc(NCC2CCN(C)CC2)cn1. The summed E-state index contributed by atoms with van der Waals surface area (Å²) in [6.07, 6.45) is 4.38. The third-order valence-electron chi connectivity index (χ3n) is 3.71. The zero-order valence-corrected chi connectivity index (χ0v) is 12.5. The highest BCUT2D eigenvalue weighted by Crippen LogP contribution is 2.17. The highest BCUT2D eigenvalue weighted by Gasteiger charge is 2.16. The Hall–Kier alpha value is -1.33. The molecule has 5 heteroatoms. The summed E-state index contributed by atoms with van der Waals surface area (Å²) in [5, 5.41) is 3.46. The van der Waals surface area contributed by atoms with Crippen molar-refractivity contribution in [1.82, 2.24) is 9.88 Å². The maximum absolute atomic E-state index is 5.44. The van der Waals surface area contributed by atoms with Crippen molar-refractivity contribution in [2.24, 2.45) is 5.92 Å². The van der Waals surface area contributed by atoms with Gasteiger partial charge in [-0.2, -0.15) is 0 Å². The van der Waals surface area contributed by atoms with Gasteiger partial charge in [0.15, 0.2) is 0 Å². The number of hydrogen-bond donors (Lipinski definition) is 1. The van der Waals surface area contributed by atoms with Crippen LogP contribution in [0, 0.1) is 5.92 Å². The van der Waals surface area contributed by atoms with Gasteiger partial charge < -0.3 is 19.7 Å². The smallest absolute Gasteiger partial charge is 0.213 e. The first-order valence-electron chi connectivity index (χ1n) is 7.28. The van der Waals surface area contributed by atoms with Crippen LogP contribution in [-0.4, -0.2) is 56.9 Å². The normalized spacial score (nSPS) is 17.1. The van der Waals surface area contributed by atoms with Crippen molar-refractivity contribution in [1.29, 1.82) is 0 Å². The molecule has 0 saturated carbocycles. The van der Waals surface area contributed by atoms with Crippen LogP contribution < -0.4 is 10.1 Å². The topological polar surface area (TPSA) is 46.6 Å². The number of methoxy groups -OCH3 is 1. The molecule has 1 N–H and O–H groups in total. The van der Waals surface area contributed by atoms with Gasteiger partial charge in [0.1, 0.15) is 6.61 Å². The van der Waals surface area contributed by atoms with Crippen molar-refractivity contribution in [3.63, 3.8) is 0 Å². The van der Waals surface area contributed by atoms with Crippen LogP contribution in [0.5, 0.6) is 5.88 Å². The van der Waals surface area contributed by atoms with Gasteiger partial charge in [0, 0.05) is 19.7 Å². The van der Waals surface area contributed by atoms with Crippen LogP contribution >= 0.6 is 0 Å². The molecule has 2 rings (SSSR count). The molecule has 0 amide bonds. The highest BCUT2D eigenvalue weighted by atomic mass is 16.5. The average Bonchev–Trinajstić information content (AvgIpc) is 2.48. The number of likely N-dealkylation sites (tertiary alicyclic amines) is 1. The lowest BCUT2D eigenvalue weighted by Crippen LogP contribution is -2.32. The van der Waals surface area contributed by atoms with Crippen molar-refractivity contribution < 1.29 is 9.47 Å². The zero-order chi connectivity index (χ0) is 14.2. The van der Waals surface area contributed by atoms with E-state index in [9.17, 15) is 0 Å². The number of ether oxygens (including phenoxy) is 2. The van der Waals surface area contributed by atoms with E-state index in [1.54, 1.807) is 7.11 Å². The van der Waals surface area contributed by atoms with E-state index in [1.807, 2.05) is 18.3 Å². The second-order valence-corrected chi connectivity index (χ2v) is 5.35. The van der Waals surface area contributed by atoms with Gasteiger partial charge in [0.25, 0.3) is 0 Å². The molecule has 0 atom stereocenters. The third kappa shape index (κ3) is 4.98. The Morgan fingerprint density at radius 3 is 2.75 bits per heavy atom. The summed E-state index contributed by atoms with van der Waals surface area (Å²) in [5.74, 6) is 1.41. The number of nitrogens with one attached hydrogen (secondary N) is 1. The lowest BCUT2D eigenvalue weighted by molar-refractivity contribution is 0.144. The number of aromatic nitrogens is 1. The van der Waals surface area contributed by atoms with Gasteiger partial charge in [0.2, 0.25) is 5.88 Å². The van der Waals surface area contributed by atoms with Crippen molar-refractivity contribution in [2.45, 2.75) is 12.8 Å². The molecular formula is C15H25N3O2. The fourth-order valence-corrected chi connectivity index (χ4v) is 2.33. The minimum Gasteiger partial charge on any atom is -0.475 e. The molecule has 0 bridgehead atoms. The van der Waals surface area contributed by atoms with E-state index in [1.165, 1.54) is 25.9 Å². The quantitative estimate of drug-likeness (QED) is 0.772. The van der Waals surface area contributed by atoms with Crippen molar-refractivity contribution >= 4 is 5.69 Å². The molecule has 0 aliphatic carbocycles. The fraction of sp³-hybridized carbons (Fsp3) is 0.667. The van der Waals surface area contributed by atoms with Crippen LogP contribution in [-0.2, 0) is 4.74 Å². The van der Waals surface area contributed by atoms with E-state index in [4.69, 9.17) is 9.47 Å². The van der Waals surface area contributed by atoms with Crippen LogP contribution in [0.15, 0.2) is 18.3 Å². The van der Waals surface area contributed by atoms with Crippen LogP contribution in [0.2, 0.25) is 0 Å². The predicted molar refractivity (Wildman–Crippen MR) is 80.3 cm³/mol. The van der Waals surface area contributed by atoms with Crippen molar-refractivity contribution in [3.8, 4) is 5.88 Å². The Bertz CT molecular complexity index is 375. The maximum Gasteiger partial charge on any atom is 0.213 e. The first-order valence-corrected chi connectivity index (χ1v) is 7.28. The molecule has 0 aromatic carbocycles. The summed E-state index contributed by atoms with van der Waals surface area (Å²) in [7, 11) is 3.85. The molecule has 1 saturated heterocycles. The van der Waals surface area contributed by atoms with E-state index >= 15 is 0 Å². The third-order valence-corrected chi connectivity index (χ3v) is 3.71. The second kappa shape index (κ2) is 8.07. The Kier molecular flexibility index (Phi) is 6.08. The number of rotatable bonds is 7. The molecule has 20 heavy (non-hydrogen) atoms. The molecular weight excluding hydrogens is 254 g/mol. The number of hydrogen-bond acceptors (Lipinski definition) is 5. The summed E-state index contributed by atoms with van der Waals surface area (Å²) < 4.78 is 10.4. The predicted octanol–water partition coefficient (Wildman–Crippen LogP) is 1.86. The minimum atomic E-state index is 0.534. The Labute approximate surface area is 121 Å². The van der Waals surface area contributed by atoms with E-state index in [0.29, 0.717) is 19.1 Å². The summed E-state index contributed by atoms with van der Waals surface area (Å²) in [5.41, 5.74) is 1.06. The lowest BCUT2D eigenvalue weighted by atomic mass is 9.97. The Balaban J connectivity index is 1.70. The van der Waals surface area contributed by atoms with E-state index in [0.717, 1.165) is 18.2 Å². The van der Waals surface area contributed by atoms with Crippen LogP contribution in [0.25, 0.3) is 0 Å². The molecule has 0 radical (unpaired) electrons. The summed E-state index contributed by atoms with van der Waals surface area (Å²) in [6, 6.07) is 3.91. The Morgan fingerprint density at radius 1 is 1.30 bits per heavy atom. The van der Waals surface area contributed by atoms with Gasteiger partial charge in [-0.15, -0.1) is 0 Å². The summed E-state index contributed by atoms with van der Waals surface area (Å²) in [6.45, 7) is 4.55. The Morgan fingerprint density at radius 2 is 2.10 bits per heavy atom. The second-order valence-electron chi connectivity index (χ2n) is 5.35. The van der Waals surface area contributed by atoms with Gasteiger partial charge in [-0.05, 0) is 45.0 Å². The largest absolute Gasteiger partial charge is 0.475 e. The number of anilines is 1. The van der Waals surface area contributed by atoms with E-state index in [-0.39, 0.29) is 0 Å². The van der Waals surface area contributed by atoms with Crippen LogP contribution in [0.4, 0.5) is 5.69 Å². The van der Waals surface area contributed by atoms with Gasteiger partial charge in [0.05, 0.1) is 18.5 Å². The van der Waals surface area contributed by atoms with Gasteiger partial charge in [-0.25, -0.2) is 4.98 Å². The summed E-state index contributed by atoms with van der Waals surface area (Å²) >= 11 is 0. The molecule has 1 aliphatic rings. The van der Waals surface area contributed by atoms with E-state index in [2.05, 4.69) is 22.2 Å². The molecule has 1 aromatic heterocycles. The van der Waals surface area contributed by atoms with Gasteiger partial charge in [-0.1, -0.05) is 0 Å². The number of nitrogens with zero attached hydrogens (tertiary/aromatic N) is 2. The van der Waals surface area contributed by atoms with Crippen molar-refractivity contribution in [2.75, 3.05) is 52.3 Å². The van der Waals surface area contributed by atoms with Crippen molar-refractivity contribution in [3.05, 3.63) is 18.3 Å².